The fourth-order valence-corrected chi connectivity index (χ4v) is 4.38. The van der Waals surface area contributed by atoms with Crippen molar-refractivity contribution < 1.29 is 0 Å². The summed E-state index contributed by atoms with van der Waals surface area (Å²) in [6.07, 6.45) is 3.67. The second-order valence-corrected chi connectivity index (χ2v) is 8.78. The summed E-state index contributed by atoms with van der Waals surface area (Å²) in [5.41, 5.74) is 8.82. The van der Waals surface area contributed by atoms with E-state index in [1.165, 1.54) is 16.7 Å². The van der Waals surface area contributed by atoms with Gasteiger partial charge >= 0.3 is 0 Å². The number of pyridine rings is 1. The summed E-state index contributed by atoms with van der Waals surface area (Å²) in [6.45, 7) is 2.09. The third-order valence-corrected chi connectivity index (χ3v) is 6.34. The van der Waals surface area contributed by atoms with Gasteiger partial charge in [-0.05, 0) is 47.4 Å². The van der Waals surface area contributed by atoms with E-state index in [0.29, 0.717) is 0 Å². The van der Waals surface area contributed by atoms with Crippen LogP contribution in [0.5, 0.6) is 0 Å². The van der Waals surface area contributed by atoms with Gasteiger partial charge in [0.15, 0.2) is 11.6 Å². The third kappa shape index (κ3) is 4.21. The number of aryl methyl sites for hydroxylation is 1. The van der Waals surface area contributed by atoms with E-state index in [2.05, 4.69) is 130 Å². The van der Waals surface area contributed by atoms with Crippen LogP contribution in [-0.2, 0) is 0 Å². The topological polar surface area (TPSA) is 43.6 Å². The van der Waals surface area contributed by atoms with Gasteiger partial charge < -0.3 is 0 Å². The van der Waals surface area contributed by atoms with Crippen LogP contribution in [0.15, 0.2) is 128 Å². The molecule has 4 aromatic carbocycles. The van der Waals surface area contributed by atoms with Crippen molar-refractivity contribution >= 4 is 0 Å². The second-order valence-electron chi connectivity index (χ2n) is 8.78. The molecule has 172 valence electrons. The van der Waals surface area contributed by atoms with E-state index in [9.17, 15) is 0 Å². The van der Waals surface area contributed by atoms with Crippen LogP contribution in [0.4, 0.5) is 0 Å². The summed E-state index contributed by atoms with van der Waals surface area (Å²) in [5.74, 6) is 1.62. The molecule has 0 bridgehead atoms. The SMILES string of the molecule is Cc1ccc(-c2nnc(-c3ccc(-c4ccccc4)cc3)n2-c2ccc(-c3cccnc3)cc2)cc1. The Kier molecular flexibility index (Phi) is 5.68. The summed E-state index contributed by atoms with van der Waals surface area (Å²) in [6, 6.07) is 39.8. The van der Waals surface area contributed by atoms with Crippen LogP contribution in [0.2, 0.25) is 0 Å². The van der Waals surface area contributed by atoms with E-state index in [0.717, 1.165) is 39.6 Å². The number of nitrogens with zero attached hydrogens (tertiary/aromatic N) is 4. The van der Waals surface area contributed by atoms with Crippen LogP contribution in [0, 0.1) is 6.92 Å². The highest BCUT2D eigenvalue weighted by atomic mass is 15.3. The minimum Gasteiger partial charge on any atom is -0.275 e. The lowest BCUT2D eigenvalue weighted by Crippen LogP contribution is -2.00. The minimum absolute atomic E-state index is 0.805. The first-order valence-electron chi connectivity index (χ1n) is 12.0. The van der Waals surface area contributed by atoms with Crippen molar-refractivity contribution in [3.05, 3.63) is 133 Å². The Morgan fingerprint density at radius 1 is 0.472 bits per heavy atom. The van der Waals surface area contributed by atoms with Gasteiger partial charge in [0.1, 0.15) is 0 Å². The molecule has 0 unspecified atom stereocenters. The van der Waals surface area contributed by atoms with Gasteiger partial charge in [0.2, 0.25) is 0 Å². The number of hydrogen-bond donors (Lipinski definition) is 0. The predicted molar refractivity (Wildman–Crippen MR) is 146 cm³/mol. The molecule has 4 heteroatoms. The first-order valence-corrected chi connectivity index (χ1v) is 12.0. The van der Waals surface area contributed by atoms with E-state index < -0.39 is 0 Å². The number of rotatable bonds is 5. The van der Waals surface area contributed by atoms with Gasteiger partial charge in [-0.25, -0.2) is 0 Å². The molecule has 36 heavy (non-hydrogen) atoms. The Labute approximate surface area is 210 Å². The highest BCUT2D eigenvalue weighted by molar-refractivity contribution is 5.72. The molecule has 0 spiro atoms. The van der Waals surface area contributed by atoms with Gasteiger partial charge in [0, 0.05) is 29.2 Å². The summed E-state index contributed by atoms with van der Waals surface area (Å²) >= 11 is 0. The predicted octanol–water partition coefficient (Wildman–Crippen LogP) is 7.64. The Morgan fingerprint density at radius 2 is 0.972 bits per heavy atom. The molecule has 0 N–H and O–H groups in total. The molecule has 0 aliphatic rings. The molecule has 0 radical (unpaired) electrons. The molecular weight excluding hydrogens is 440 g/mol. The molecule has 6 aromatic rings. The normalized spacial score (nSPS) is 10.9. The fourth-order valence-electron chi connectivity index (χ4n) is 4.38. The van der Waals surface area contributed by atoms with Crippen molar-refractivity contribution in [2.75, 3.05) is 0 Å². The van der Waals surface area contributed by atoms with Crippen molar-refractivity contribution in [2.45, 2.75) is 6.92 Å². The largest absolute Gasteiger partial charge is 0.275 e. The van der Waals surface area contributed by atoms with Crippen molar-refractivity contribution in [1.82, 2.24) is 19.7 Å². The first kappa shape index (κ1) is 21.7. The zero-order valence-corrected chi connectivity index (χ0v) is 19.9. The Bertz CT molecular complexity index is 1580. The van der Waals surface area contributed by atoms with Crippen LogP contribution in [0.3, 0.4) is 0 Å². The maximum atomic E-state index is 4.65. The van der Waals surface area contributed by atoms with Gasteiger partial charge in [0.25, 0.3) is 0 Å². The van der Waals surface area contributed by atoms with E-state index in [4.69, 9.17) is 0 Å². The van der Waals surface area contributed by atoms with Crippen molar-refractivity contribution in [2.24, 2.45) is 0 Å². The first-order chi connectivity index (χ1) is 17.8. The smallest absolute Gasteiger partial charge is 0.168 e. The van der Waals surface area contributed by atoms with Crippen LogP contribution in [-0.4, -0.2) is 19.7 Å². The molecule has 6 rings (SSSR count). The molecule has 2 heterocycles. The van der Waals surface area contributed by atoms with Crippen molar-refractivity contribution in [3.63, 3.8) is 0 Å². The fraction of sp³-hybridized carbons (Fsp3) is 0.0312. The Hall–Kier alpha value is -4.83. The monoisotopic (exact) mass is 464 g/mol. The summed E-state index contributed by atoms with van der Waals surface area (Å²) in [5, 5.41) is 9.28. The molecule has 0 saturated carbocycles. The summed E-state index contributed by atoms with van der Waals surface area (Å²) in [7, 11) is 0. The van der Waals surface area contributed by atoms with E-state index in [1.54, 1.807) is 6.20 Å². The van der Waals surface area contributed by atoms with Gasteiger partial charge in [-0.2, -0.15) is 0 Å². The third-order valence-electron chi connectivity index (χ3n) is 6.34. The van der Waals surface area contributed by atoms with E-state index in [-0.39, 0.29) is 0 Å². The highest BCUT2D eigenvalue weighted by Gasteiger charge is 2.17. The zero-order valence-electron chi connectivity index (χ0n) is 19.9. The van der Waals surface area contributed by atoms with Gasteiger partial charge in [-0.1, -0.05) is 103 Å². The van der Waals surface area contributed by atoms with Gasteiger partial charge in [-0.15, -0.1) is 10.2 Å². The lowest BCUT2D eigenvalue weighted by molar-refractivity contribution is 1.07. The highest BCUT2D eigenvalue weighted by Crippen LogP contribution is 2.31. The van der Waals surface area contributed by atoms with Gasteiger partial charge in [-0.3, -0.25) is 9.55 Å². The van der Waals surface area contributed by atoms with Crippen LogP contribution in [0.25, 0.3) is 50.7 Å². The molecule has 0 saturated heterocycles. The average molecular weight is 465 g/mol. The quantitative estimate of drug-likeness (QED) is 0.263. The maximum Gasteiger partial charge on any atom is 0.168 e. The van der Waals surface area contributed by atoms with Crippen molar-refractivity contribution in [1.29, 1.82) is 0 Å². The molecule has 0 fully saturated rings. The Morgan fingerprint density at radius 3 is 1.58 bits per heavy atom. The summed E-state index contributed by atoms with van der Waals surface area (Å²) < 4.78 is 2.13. The lowest BCUT2D eigenvalue weighted by atomic mass is 10.0. The molecule has 0 aliphatic heterocycles. The van der Waals surface area contributed by atoms with E-state index >= 15 is 0 Å². The molecule has 0 aliphatic carbocycles. The molecule has 0 amide bonds. The van der Waals surface area contributed by atoms with Crippen LogP contribution in [0.1, 0.15) is 5.56 Å². The number of aromatic nitrogens is 4. The van der Waals surface area contributed by atoms with Crippen molar-refractivity contribution in [3.8, 4) is 50.7 Å². The molecule has 2 aromatic heterocycles. The van der Waals surface area contributed by atoms with Crippen LogP contribution < -0.4 is 0 Å². The lowest BCUT2D eigenvalue weighted by Gasteiger charge is -2.12. The van der Waals surface area contributed by atoms with Crippen LogP contribution >= 0.6 is 0 Å². The average Bonchev–Trinajstić information content (AvgIpc) is 3.40. The summed E-state index contributed by atoms with van der Waals surface area (Å²) in [4.78, 5) is 4.25. The second kappa shape index (κ2) is 9.43. The zero-order chi connectivity index (χ0) is 24.3. The number of benzene rings is 4. The van der Waals surface area contributed by atoms with Gasteiger partial charge in [0.05, 0.1) is 0 Å². The molecule has 4 nitrogen and oxygen atoms in total. The maximum absolute atomic E-state index is 4.65. The number of hydrogen-bond acceptors (Lipinski definition) is 3. The molecular formula is C32H24N4. The van der Waals surface area contributed by atoms with E-state index in [1.807, 2.05) is 18.3 Å². The molecule has 0 atom stereocenters. The standard InChI is InChI=1S/C32H24N4/c1-23-9-11-27(12-10-23)31-34-35-32(28-15-13-25(14-16-28)24-6-3-2-4-7-24)36(31)30-19-17-26(18-20-30)29-8-5-21-33-22-29/h2-22H,1H3. The minimum atomic E-state index is 0.805. The Balaban J connectivity index is 1.45.